The summed E-state index contributed by atoms with van der Waals surface area (Å²) >= 11 is 1.57. The van der Waals surface area contributed by atoms with Gasteiger partial charge in [0, 0.05) is 6.07 Å². The first-order valence-corrected chi connectivity index (χ1v) is 5.62. The average molecular weight is 221 g/mol. The molecule has 2 aromatic rings. The fraction of sp³-hybridized carbons (Fsp3) is 0.100. The van der Waals surface area contributed by atoms with Gasteiger partial charge in [-0.15, -0.1) is 16.9 Å². The summed E-state index contributed by atoms with van der Waals surface area (Å²) in [6.07, 6.45) is 1.97. The van der Waals surface area contributed by atoms with Gasteiger partial charge >= 0.3 is 0 Å². The van der Waals surface area contributed by atoms with Crippen LogP contribution in [-0.2, 0) is 0 Å². The Balaban J connectivity index is 2.48. The van der Waals surface area contributed by atoms with Crippen LogP contribution in [0.5, 0.6) is 5.75 Å². The number of anilines is 1. The second kappa shape index (κ2) is 3.86. The molecule has 0 saturated heterocycles. The van der Waals surface area contributed by atoms with Crippen LogP contribution in [-0.4, -0.2) is 21.1 Å². The van der Waals surface area contributed by atoms with Gasteiger partial charge in [0.25, 0.3) is 0 Å². The van der Waals surface area contributed by atoms with Gasteiger partial charge in [0.05, 0.1) is 5.69 Å². The largest absolute Gasteiger partial charge is 0.508 e. The van der Waals surface area contributed by atoms with Crippen LogP contribution in [0, 0.1) is 0 Å². The molecule has 0 saturated carbocycles. The number of aromatic hydroxyl groups is 1. The highest BCUT2D eigenvalue weighted by molar-refractivity contribution is 7.98. The third kappa shape index (κ3) is 1.92. The van der Waals surface area contributed by atoms with Gasteiger partial charge in [-0.2, -0.15) is 0 Å². The Kier molecular flexibility index (Phi) is 2.55. The quantitative estimate of drug-likeness (QED) is 0.760. The van der Waals surface area contributed by atoms with Gasteiger partial charge in [0.1, 0.15) is 16.6 Å². The van der Waals surface area contributed by atoms with E-state index in [1.54, 1.807) is 40.7 Å². The molecule has 0 radical (unpaired) electrons. The monoisotopic (exact) mass is 221 g/mol. The molecule has 0 aliphatic rings. The van der Waals surface area contributed by atoms with Gasteiger partial charge in [0.15, 0.2) is 0 Å². The van der Waals surface area contributed by atoms with E-state index in [1.165, 1.54) is 0 Å². The maximum absolute atomic E-state index is 9.18. The molecule has 1 heterocycles. The van der Waals surface area contributed by atoms with Crippen LogP contribution in [0.15, 0.2) is 35.4 Å². The summed E-state index contributed by atoms with van der Waals surface area (Å²) < 4.78 is 1.75. The summed E-state index contributed by atoms with van der Waals surface area (Å²) in [5, 5.41) is 14.3. The molecule has 0 aliphatic carbocycles. The van der Waals surface area contributed by atoms with Crippen LogP contribution >= 0.6 is 11.8 Å². The fourth-order valence-electron chi connectivity index (χ4n) is 1.31. The Morgan fingerprint density at radius 3 is 2.60 bits per heavy atom. The Labute approximate surface area is 91.7 Å². The van der Waals surface area contributed by atoms with E-state index in [1.807, 2.05) is 12.3 Å². The number of hydrogen-bond donors (Lipinski definition) is 2. The van der Waals surface area contributed by atoms with E-state index in [9.17, 15) is 5.11 Å². The SMILES string of the molecule is CSc1cc(N)nn1-c1ccc(O)cc1. The summed E-state index contributed by atoms with van der Waals surface area (Å²) in [5.41, 5.74) is 6.51. The maximum atomic E-state index is 9.18. The summed E-state index contributed by atoms with van der Waals surface area (Å²) in [7, 11) is 0. The van der Waals surface area contributed by atoms with Gasteiger partial charge in [0.2, 0.25) is 0 Å². The summed E-state index contributed by atoms with van der Waals surface area (Å²) in [6, 6.07) is 8.65. The van der Waals surface area contributed by atoms with E-state index in [0.29, 0.717) is 5.82 Å². The number of nitrogen functional groups attached to an aromatic ring is 1. The van der Waals surface area contributed by atoms with E-state index in [-0.39, 0.29) is 5.75 Å². The zero-order valence-corrected chi connectivity index (χ0v) is 9.03. The molecule has 0 bridgehead atoms. The van der Waals surface area contributed by atoms with Crippen molar-refractivity contribution in [3.63, 3.8) is 0 Å². The lowest BCUT2D eigenvalue weighted by Crippen LogP contribution is -1.98. The van der Waals surface area contributed by atoms with Crippen molar-refractivity contribution in [3.8, 4) is 11.4 Å². The van der Waals surface area contributed by atoms with Crippen LogP contribution in [0.2, 0.25) is 0 Å². The molecular weight excluding hydrogens is 210 g/mol. The average Bonchev–Trinajstić information content (AvgIpc) is 2.61. The van der Waals surface area contributed by atoms with Crippen LogP contribution in [0.25, 0.3) is 5.69 Å². The number of phenols is 1. The molecule has 15 heavy (non-hydrogen) atoms. The number of nitrogens with zero attached hydrogens (tertiary/aromatic N) is 2. The third-order valence-electron chi connectivity index (χ3n) is 2.00. The summed E-state index contributed by atoms with van der Waals surface area (Å²) in [5.74, 6) is 0.733. The molecule has 3 N–H and O–H groups in total. The molecule has 0 unspecified atom stereocenters. The van der Waals surface area contributed by atoms with Crippen molar-refractivity contribution >= 4 is 17.6 Å². The molecule has 0 atom stereocenters. The molecule has 0 amide bonds. The number of phenolic OH excluding ortho intramolecular Hbond substituents is 1. The topological polar surface area (TPSA) is 64.1 Å². The number of thioether (sulfide) groups is 1. The van der Waals surface area contributed by atoms with Crippen molar-refractivity contribution in [2.45, 2.75) is 5.03 Å². The number of rotatable bonds is 2. The second-order valence-corrected chi connectivity index (χ2v) is 3.87. The van der Waals surface area contributed by atoms with E-state index in [0.717, 1.165) is 10.7 Å². The number of nitrogens with two attached hydrogens (primary N) is 1. The highest BCUT2D eigenvalue weighted by Gasteiger charge is 2.06. The number of hydrogen-bond acceptors (Lipinski definition) is 4. The number of benzene rings is 1. The van der Waals surface area contributed by atoms with Crippen molar-refractivity contribution in [1.82, 2.24) is 9.78 Å². The smallest absolute Gasteiger partial charge is 0.147 e. The zero-order chi connectivity index (χ0) is 10.8. The van der Waals surface area contributed by atoms with Crippen molar-refractivity contribution in [3.05, 3.63) is 30.3 Å². The van der Waals surface area contributed by atoms with Crippen molar-refractivity contribution in [1.29, 1.82) is 0 Å². The minimum absolute atomic E-state index is 0.240. The van der Waals surface area contributed by atoms with E-state index < -0.39 is 0 Å². The molecule has 0 spiro atoms. The van der Waals surface area contributed by atoms with Gasteiger partial charge < -0.3 is 10.8 Å². The molecule has 5 heteroatoms. The fourth-order valence-corrected chi connectivity index (χ4v) is 1.86. The molecule has 4 nitrogen and oxygen atoms in total. The number of aromatic nitrogens is 2. The Bertz CT molecular complexity index is 464. The standard InChI is InChI=1S/C10H11N3OS/c1-15-10-6-9(11)12-13(10)7-2-4-8(14)5-3-7/h2-6,14H,1H3,(H2,11,12). The lowest BCUT2D eigenvalue weighted by atomic mass is 10.3. The van der Waals surface area contributed by atoms with E-state index in [4.69, 9.17) is 5.73 Å². The molecule has 2 rings (SSSR count). The normalized spacial score (nSPS) is 10.5. The molecule has 1 aromatic heterocycles. The van der Waals surface area contributed by atoms with Crippen LogP contribution < -0.4 is 5.73 Å². The first-order valence-electron chi connectivity index (χ1n) is 4.39. The predicted molar refractivity (Wildman–Crippen MR) is 61.4 cm³/mol. The summed E-state index contributed by atoms with van der Waals surface area (Å²) in [6.45, 7) is 0. The van der Waals surface area contributed by atoms with E-state index in [2.05, 4.69) is 5.10 Å². The molecule has 0 fully saturated rings. The second-order valence-electron chi connectivity index (χ2n) is 3.04. The van der Waals surface area contributed by atoms with Crippen LogP contribution in [0.3, 0.4) is 0 Å². The minimum Gasteiger partial charge on any atom is -0.508 e. The molecule has 1 aromatic carbocycles. The lowest BCUT2D eigenvalue weighted by molar-refractivity contribution is 0.475. The van der Waals surface area contributed by atoms with Crippen LogP contribution in [0.1, 0.15) is 0 Å². The molecule has 78 valence electrons. The lowest BCUT2D eigenvalue weighted by Gasteiger charge is -2.04. The molecular formula is C10H11N3OS. The Morgan fingerprint density at radius 2 is 2.00 bits per heavy atom. The Hall–Kier alpha value is -1.62. The highest BCUT2D eigenvalue weighted by atomic mass is 32.2. The maximum Gasteiger partial charge on any atom is 0.147 e. The van der Waals surface area contributed by atoms with Crippen LogP contribution in [0.4, 0.5) is 5.82 Å². The van der Waals surface area contributed by atoms with Gasteiger partial charge in [-0.25, -0.2) is 4.68 Å². The first-order chi connectivity index (χ1) is 7.20. The Morgan fingerprint density at radius 1 is 1.33 bits per heavy atom. The molecule has 0 aliphatic heterocycles. The van der Waals surface area contributed by atoms with Crippen molar-refractivity contribution < 1.29 is 5.11 Å². The van der Waals surface area contributed by atoms with E-state index >= 15 is 0 Å². The summed E-state index contributed by atoms with van der Waals surface area (Å²) in [4.78, 5) is 0. The first kappa shape index (κ1) is 9.92. The third-order valence-corrected chi connectivity index (χ3v) is 2.71. The van der Waals surface area contributed by atoms with Gasteiger partial charge in [-0.3, -0.25) is 0 Å². The minimum atomic E-state index is 0.240. The highest BCUT2D eigenvalue weighted by Crippen LogP contribution is 2.22. The predicted octanol–water partition coefficient (Wildman–Crippen LogP) is 1.88. The van der Waals surface area contributed by atoms with Crippen molar-refractivity contribution in [2.24, 2.45) is 0 Å². The zero-order valence-electron chi connectivity index (χ0n) is 8.21. The van der Waals surface area contributed by atoms with Gasteiger partial charge in [-0.05, 0) is 30.5 Å². The van der Waals surface area contributed by atoms with Gasteiger partial charge in [-0.1, -0.05) is 0 Å². The van der Waals surface area contributed by atoms with Crippen molar-refractivity contribution in [2.75, 3.05) is 12.0 Å².